The molecular formula is C23H30N2O3. The predicted octanol–water partition coefficient (Wildman–Crippen LogP) is 4.33. The third-order valence-electron chi connectivity index (χ3n) is 5.35. The molecule has 0 N–H and O–H groups in total. The molecule has 0 spiro atoms. The molecule has 0 saturated carbocycles. The number of anilines is 1. The Morgan fingerprint density at radius 2 is 1.82 bits per heavy atom. The smallest absolute Gasteiger partial charge is 0.343 e. The van der Waals surface area contributed by atoms with Crippen LogP contribution in [-0.4, -0.2) is 36.8 Å². The lowest BCUT2D eigenvalue weighted by molar-refractivity contribution is -0.179. The first-order chi connectivity index (χ1) is 13.6. The quantitative estimate of drug-likeness (QED) is 0.502. The van der Waals surface area contributed by atoms with E-state index >= 15 is 0 Å². The maximum absolute atomic E-state index is 13.1. The van der Waals surface area contributed by atoms with Crippen molar-refractivity contribution in [1.82, 2.24) is 4.98 Å². The van der Waals surface area contributed by atoms with Crippen LogP contribution in [0.4, 0.5) is 5.69 Å². The summed E-state index contributed by atoms with van der Waals surface area (Å²) in [6.07, 6.45) is 7.10. The Kier molecular flexibility index (Phi) is 7.04. The summed E-state index contributed by atoms with van der Waals surface area (Å²) < 4.78 is 12.0. The number of pyridine rings is 1. The zero-order chi connectivity index (χ0) is 19.8. The maximum Gasteiger partial charge on any atom is 0.343 e. The standard InChI is InChI=1S/C23H30N2O3/c1-3-4-18-27-23(2,19-8-6-5-7-9-19)22(26)28-21-12-16-25(17-13-21)20-10-14-24-15-11-20/h5-11,14-15,21H,3-4,12-13,16-18H2,1-2H3. The second-order valence-corrected chi connectivity index (χ2v) is 7.40. The molecule has 0 radical (unpaired) electrons. The van der Waals surface area contributed by atoms with Gasteiger partial charge in [0.1, 0.15) is 6.10 Å². The van der Waals surface area contributed by atoms with Gasteiger partial charge < -0.3 is 14.4 Å². The average Bonchev–Trinajstić information content (AvgIpc) is 2.75. The van der Waals surface area contributed by atoms with Gasteiger partial charge in [-0.25, -0.2) is 4.79 Å². The van der Waals surface area contributed by atoms with Crippen molar-refractivity contribution in [3.05, 3.63) is 60.4 Å². The van der Waals surface area contributed by atoms with Gasteiger partial charge in [-0.1, -0.05) is 43.7 Å². The van der Waals surface area contributed by atoms with E-state index in [2.05, 4.69) is 16.8 Å². The summed E-state index contributed by atoms with van der Waals surface area (Å²) >= 11 is 0. The molecule has 5 heteroatoms. The fourth-order valence-corrected chi connectivity index (χ4v) is 3.49. The third kappa shape index (κ3) is 4.90. The zero-order valence-corrected chi connectivity index (χ0v) is 16.8. The number of rotatable bonds is 8. The summed E-state index contributed by atoms with van der Waals surface area (Å²) in [5.74, 6) is -0.294. The Balaban J connectivity index is 1.62. The number of aromatic nitrogens is 1. The molecule has 2 heterocycles. The predicted molar refractivity (Wildman–Crippen MR) is 110 cm³/mol. The van der Waals surface area contributed by atoms with Crippen LogP contribution in [0.2, 0.25) is 0 Å². The first-order valence-electron chi connectivity index (χ1n) is 10.2. The lowest BCUT2D eigenvalue weighted by Crippen LogP contribution is -2.43. The normalized spacial score (nSPS) is 17.1. The van der Waals surface area contributed by atoms with Crippen molar-refractivity contribution in [2.45, 2.75) is 51.2 Å². The lowest BCUT2D eigenvalue weighted by atomic mass is 9.95. The lowest BCUT2D eigenvalue weighted by Gasteiger charge is -2.35. The molecule has 1 aromatic heterocycles. The molecule has 1 unspecified atom stereocenters. The molecule has 1 aliphatic heterocycles. The molecule has 2 aromatic rings. The number of carbonyl (C=O) groups excluding carboxylic acids is 1. The van der Waals surface area contributed by atoms with Crippen molar-refractivity contribution in [2.24, 2.45) is 0 Å². The number of ether oxygens (including phenoxy) is 2. The summed E-state index contributed by atoms with van der Waals surface area (Å²) in [4.78, 5) is 19.5. The van der Waals surface area contributed by atoms with Gasteiger partial charge >= 0.3 is 5.97 Å². The third-order valence-corrected chi connectivity index (χ3v) is 5.35. The van der Waals surface area contributed by atoms with Gasteiger partial charge in [-0.3, -0.25) is 4.98 Å². The minimum Gasteiger partial charge on any atom is -0.460 e. The van der Waals surface area contributed by atoms with Gasteiger partial charge in [0, 0.05) is 50.6 Å². The summed E-state index contributed by atoms with van der Waals surface area (Å²) in [7, 11) is 0. The van der Waals surface area contributed by atoms with Gasteiger partial charge in [0.25, 0.3) is 0 Å². The first-order valence-corrected chi connectivity index (χ1v) is 10.2. The Hall–Kier alpha value is -2.40. The van der Waals surface area contributed by atoms with Crippen LogP contribution in [0.3, 0.4) is 0 Å². The van der Waals surface area contributed by atoms with E-state index in [1.54, 1.807) is 12.4 Å². The van der Waals surface area contributed by atoms with Crippen molar-refractivity contribution in [1.29, 1.82) is 0 Å². The van der Waals surface area contributed by atoms with Crippen LogP contribution < -0.4 is 4.90 Å². The monoisotopic (exact) mass is 382 g/mol. The highest BCUT2D eigenvalue weighted by Gasteiger charge is 2.39. The second kappa shape index (κ2) is 9.69. The summed E-state index contributed by atoms with van der Waals surface area (Å²) in [6, 6.07) is 13.7. The number of benzene rings is 1. The van der Waals surface area contributed by atoms with Gasteiger partial charge in [-0.05, 0) is 31.0 Å². The number of esters is 1. The van der Waals surface area contributed by atoms with E-state index in [1.165, 1.54) is 0 Å². The fourth-order valence-electron chi connectivity index (χ4n) is 3.49. The number of unbranched alkanes of at least 4 members (excludes halogenated alkanes) is 1. The maximum atomic E-state index is 13.1. The summed E-state index contributed by atoms with van der Waals surface area (Å²) in [5, 5.41) is 0. The van der Waals surface area contributed by atoms with Gasteiger partial charge in [-0.15, -0.1) is 0 Å². The molecule has 28 heavy (non-hydrogen) atoms. The van der Waals surface area contributed by atoms with Crippen LogP contribution in [-0.2, 0) is 19.9 Å². The van der Waals surface area contributed by atoms with Crippen LogP contribution in [0.5, 0.6) is 0 Å². The topological polar surface area (TPSA) is 51.7 Å². The molecule has 1 saturated heterocycles. The number of piperidine rings is 1. The zero-order valence-electron chi connectivity index (χ0n) is 16.8. The Bertz CT molecular complexity index is 730. The molecule has 0 amide bonds. The molecule has 0 bridgehead atoms. The van der Waals surface area contributed by atoms with Crippen molar-refractivity contribution >= 4 is 11.7 Å². The van der Waals surface area contributed by atoms with Crippen LogP contribution >= 0.6 is 0 Å². The Labute approximate surface area is 167 Å². The minimum absolute atomic E-state index is 0.0802. The Morgan fingerprint density at radius 1 is 1.14 bits per heavy atom. The molecule has 5 nitrogen and oxygen atoms in total. The van der Waals surface area contributed by atoms with Crippen molar-refractivity contribution in [3.63, 3.8) is 0 Å². The molecule has 150 valence electrons. The van der Waals surface area contributed by atoms with Gasteiger partial charge in [-0.2, -0.15) is 0 Å². The summed E-state index contributed by atoms with van der Waals surface area (Å²) in [6.45, 7) is 6.20. The van der Waals surface area contributed by atoms with Gasteiger partial charge in [0.15, 0.2) is 5.60 Å². The molecule has 1 atom stereocenters. The van der Waals surface area contributed by atoms with Crippen LogP contribution in [0.25, 0.3) is 0 Å². The Morgan fingerprint density at radius 3 is 2.46 bits per heavy atom. The average molecular weight is 383 g/mol. The van der Waals surface area contributed by atoms with Gasteiger partial charge in [0.2, 0.25) is 0 Å². The second-order valence-electron chi connectivity index (χ2n) is 7.40. The van der Waals surface area contributed by atoms with Crippen LogP contribution in [0, 0.1) is 0 Å². The van der Waals surface area contributed by atoms with Crippen molar-refractivity contribution in [3.8, 4) is 0 Å². The summed E-state index contributed by atoms with van der Waals surface area (Å²) in [5.41, 5.74) is 0.931. The van der Waals surface area contributed by atoms with Crippen LogP contribution in [0.15, 0.2) is 54.9 Å². The SMILES string of the molecule is CCCCOC(C)(C(=O)OC1CCN(c2ccncc2)CC1)c1ccccc1. The van der Waals surface area contributed by atoms with E-state index in [0.717, 1.165) is 50.0 Å². The highest BCUT2D eigenvalue weighted by molar-refractivity contribution is 5.81. The number of nitrogens with zero attached hydrogens (tertiary/aromatic N) is 2. The first kappa shape index (κ1) is 20.3. The van der Waals surface area contributed by atoms with E-state index < -0.39 is 5.60 Å². The number of hydrogen-bond donors (Lipinski definition) is 0. The van der Waals surface area contributed by atoms with Gasteiger partial charge in [0.05, 0.1) is 0 Å². The molecule has 0 aliphatic carbocycles. The highest BCUT2D eigenvalue weighted by Crippen LogP contribution is 2.29. The molecule has 1 fully saturated rings. The molecule has 1 aromatic carbocycles. The van der Waals surface area contributed by atoms with E-state index in [0.29, 0.717) is 6.61 Å². The number of carbonyl (C=O) groups is 1. The van der Waals surface area contributed by atoms with E-state index in [1.807, 2.05) is 49.4 Å². The van der Waals surface area contributed by atoms with Crippen molar-refractivity contribution in [2.75, 3.05) is 24.6 Å². The van der Waals surface area contributed by atoms with Crippen LogP contribution in [0.1, 0.15) is 45.1 Å². The fraction of sp³-hybridized carbons (Fsp3) is 0.478. The minimum atomic E-state index is -1.07. The molecular weight excluding hydrogens is 352 g/mol. The van der Waals surface area contributed by atoms with E-state index in [9.17, 15) is 4.79 Å². The van der Waals surface area contributed by atoms with E-state index in [-0.39, 0.29) is 12.1 Å². The molecule has 1 aliphatic rings. The largest absolute Gasteiger partial charge is 0.460 e. The molecule has 3 rings (SSSR count). The van der Waals surface area contributed by atoms with Crippen molar-refractivity contribution < 1.29 is 14.3 Å². The van der Waals surface area contributed by atoms with E-state index in [4.69, 9.17) is 9.47 Å². The highest BCUT2D eigenvalue weighted by atomic mass is 16.6. The number of hydrogen-bond acceptors (Lipinski definition) is 5.